The number of aryl methyl sites for hydroxylation is 1. The van der Waals surface area contributed by atoms with Gasteiger partial charge >= 0.3 is 0 Å². The fourth-order valence-electron chi connectivity index (χ4n) is 4.09. The van der Waals surface area contributed by atoms with E-state index in [4.69, 9.17) is 0 Å². The molecule has 0 aliphatic carbocycles. The highest BCUT2D eigenvalue weighted by Gasteiger charge is 2.26. The zero-order valence-corrected chi connectivity index (χ0v) is 23.7. The number of piperidine rings is 1. The molecule has 3 aromatic rings. The third-order valence-electron chi connectivity index (χ3n) is 5.86. The summed E-state index contributed by atoms with van der Waals surface area (Å²) >= 11 is 0. The zero-order chi connectivity index (χ0) is 27.6. The number of benzene rings is 2. The maximum Gasteiger partial charge on any atom is 0.243 e. The summed E-state index contributed by atoms with van der Waals surface area (Å²) < 4.78 is 55.8. The highest BCUT2D eigenvalue weighted by molar-refractivity contribution is 7.89. The van der Waals surface area contributed by atoms with Gasteiger partial charge in [0.2, 0.25) is 26.0 Å². The molecule has 2 heterocycles. The van der Waals surface area contributed by atoms with Crippen LogP contribution >= 0.6 is 0 Å². The van der Waals surface area contributed by atoms with Gasteiger partial charge in [-0.3, -0.25) is 0 Å². The summed E-state index contributed by atoms with van der Waals surface area (Å²) in [6, 6.07) is 13.1. The van der Waals surface area contributed by atoms with Gasteiger partial charge in [-0.1, -0.05) is 18.6 Å². The van der Waals surface area contributed by atoms with Crippen LogP contribution in [0.1, 0.15) is 45.6 Å². The number of hydrogen-bond acceptors (Lipinski definition) is 8. The molecule has 1 aliphatic heterocycles. The van der Waals surface area contributed by atoms with Crippen LogP contribution in [0.15, 0.2) is 64.5 Å². The Morgan fingerprint density at radius 1 is 0.842 bits per heavy atom. The first-order valence-corrected chi connectivity index (χ1v) is 15.4. The van der Waals surface area contributed by atoms with Gasteiger partial charge in [0.1, 0.15) is 5.82 Å². The van der Waals surface area contributed by atoms with E-state index in [1.165, 1.54) is 16.4 Å². The lowest BCUT2D eigenvalue weighted by Crippen LogP contribution is -2.40. The zero-order valence-electron chi connectivity index (χ0n) is 22.0. The van der Waals surface area contributed by atoms with E-state index in [2.05, 4.69) is 25.3 Å². The molecule has 0 atom stereocenters. The predicted octanol–water partition coefficient (Wildman–Crippen LogP) is 4.52. The molecule has 1 fully saturated rings. The lowest BCUT2D eigenvalue weighted by Gasteiger charge is -2.26. The van der Waals surface area contributed by atoms with E-state index < -0.39 is 25.6 Å². The molecule has 0 unspecified atom stereocenters. The van der Waals surface area contributed by atoms with Gasteiger partial charge in [-0.15, -0.1) is 0 Å². The molecule has 1 saturated heterocycles. The van der Waals surface area contributed by atoms with Crippen molar-refractivity contribution in [2.75, 3.05) is 23.7 Å². The summed E-state index contributed by atoms with van der Waals surface area (Å²) in [6.07, 6.45) is 4.41. The van der Waals surface area contributed by atoms with Crippen molar-refractivity contribution in [2.45, 2.75) is 62.3 Å². The number of rotatable bonds is 8. The van der Waals surface area contributed by atoms with E-state index in [9.17, 15) is 16.8 Å². The average molecular weight is 559 g/mol. The number of nitrogens with zero attached hydrogens (tertiary/aromatic N) is 3. The number of sulfonamides is 2. The van der Waals surface area contributed by atoms with Gasteiger partial charge < -0.3 is 10.6 Å². The molecule has 0 amide bonds. The van der Waals surface area contributed by atoms with Gasteiger partial charge in [-0.05, 0) is 76.9 Å². The lowest BCUT2D eigenvalue weighted by molar-refractivity contribution is 0.346. The molecular formula is C26H34N6O4S2. The van der Waals surface area contributed by atoms with E-state index >= 15 is 0 Å². The van der Waals surface area contributed by atoms with Crippen molar-refractivity contribution in [2.24, 2.45) is 0 Å². The number of anilines is 4. The molecule has 0 radical (unpaired) electrons. The fraction of sp³-hybridized carbons (Fsp3) is 0.385. The minimum absolute atomic E-state index is 0.134. The van der Waals surface area contributed by atoms with E-state index in [0.29, 0.717) is 30.3 Å². The Bertz CT molecular complexity index is 1510. The van der Waals surface area contributed by atoms with Crippen molar-refractivity contribution in [1.29, 1.82) is 0 Å². The Labute approximate surface area is 225 Å². The Hall–Kier alpha value is -3.06. The Morgan fingerprint density at radius 3 is 2.11 bits per heavy atom. The van der Waals surface area contributed by atoms with Crippen LogP contribution in [0.5, 0.6) is 0 Å². The van der Waals surface area contributed by atoms with Crippen LogP contribution in [0.4, 0.5) is 23.1 Å². The van der Waals surface area contributed by atoms with Crippen LogP contribution in [0.2, 0.25) is 0 Å². The quantitative estimate of drug-likeness (QED) is 0.367. The maximum absolute atomic E-state index is 13.1. The predicted molar refractivity (Wildman–Crippen MR) is 149 cm³/mol. The average Bonchev–Trinajstić information content (AvgIpc) is 2.86. The maximum atomic E-state index is 13.1. The monoisotopic (exact) mass is 558 g/mol. The summed E-state index contributed by atoms with van der Waals surface area (Å²) in [7, 11) is -7.28. The molecule has 2 aromatic carbocycles. The molecule has 12 heteroatoms. The Kier molecular flexibility index (Phi) is 8.07. The van der Waals surface area contributed by atoms with Gasteiger partial charge in [0.05, 0.1) is 9.79 Å². The summed E-state index contributed by atoms with van der Waals surface area (Å²) in [5, 5.41) is 6.25. The van der Waals surface area contributed by atoms with Crippen molar-refractivity contribution < 1.29 is 16.8 Å². The molecular weight excluding hydrogens is 524 g/mol. The number of hydrogen-bond donors (Lipinski definition) is 3. The fourth-order valence-corrected chi connectivity index (χ4v) is 7.11. The molecule has 3 N–H and O–H groups in total. The second kappa shape index (κ2) is 11.0. The summed E-state index contributed by atoms with van der Waals surface area (Å²) in [5.41, 5.74) is 1.22. The lowest BCUT2D eigenvalue weighted by atomic mass is 10.1. The number of aromatic nitrogens is 2. The van der Waals surface area contributed by atoms with Crippen molar-refractivity contribution in [3.63, 3.8) is 0 Å². The van der Waals surface area contributed by atoms with Gasteiger partial charge in [0.25, 0.3) is 0 Å². The minimum atomic E-state index is -3.70. The molecule has 204 valence electrons. The normalized spacial score (nSPS) is 15.3. The van der Waals surface area contributed by atoms with E-state index in [1.54, 1.807) is 63.4 Å². The highest BCUT2D eigenvalue weighted by atomic mass is 32.2. The highest BCUT2D eigenvalue weighted by Crippen LogP contribution is 2.26. The van der Waals surface area contributed by atoms with Crippen LogP contribution in [-0.4, -0.2) is 49.7 Å². The van der Waals surface area contributed by atoms with Gasteiger partial charge in [0, 0.05) is 41.8 Å². The SMILES string of the molecule is Cc1cnc(Nc2cccc(S(=O)(=O)N3CCCCC3)c2)nc1Nc1cccc(S(=O)(=O)NC(C)(C)C)c1. The van der Waals surface area contributed by atoms with E-state index in [0.717, 1.165) is 24.8 Å². The summed E-state index contributed by atoms with van der Waals surface area (Å²) in [5.74, 6) is 0.752. The first kappa shape index (κ1) is 28.0. The molecule has 1 aliphatic rings. The Balaban J connectivity index is 1.54. The van der Waals surface area contributed by atoms with Crippen molar-refractivity contribution in [1.82, 2.24) is 19.0 Å². The standard InChI is InChI=1S/C26H34N6O4S2/c1-19-18-27-25(29-21-11-9-13-23(17-21)38(35,36)32-14-6-5-7-15-32)30-24(19)28-20-10-8-12-22(16-20)37(33,34)31-26(2,3)4/h8-13,16-18,31H,5-7,14-15H2,1-4H3,(H2,27,28,29,30). The first-order chi connectivity index (χ1) is 17.8. The van der Waals surface area contributed by atoms with Crippen LogP contribution in [0.25, 0.3) is 0 Å². The van der Waals surface area contributed by atoms with Crippen LogP contribution in [0.3, 0.4) is 0 Å². The minimum Gasteiger partial charge on any atom is -0.340 e. The number of nitrogens with one attached hydrogen (secondary N) is 3. The topological polar surface area (TPSA) is 133 Å². The molecule has 4 rings (SSSR count). The summed E-state index contributed by atoms with van der Waals surface area (Å²) in [4.78, 5) is 9.22. The molecule has 0 bridgehead atoms. The van der Waals surface area contributed by atoms with Crippen molar-refractivity contribution >= 4 is 43.2 Å². The van der Waals surface area contributed by atoms with Crippen LogP contribution in [-0.2, 0) is 20.0 Å². The van der Waals surface area contributed by atoms with Crippen molar-refractivity contribution in [3.05, 3.63) is 60.3 Å². The molecule has 1 aromatic heterocycles. The van der Waals surface area contributed by atoms with Crippen LogP contribution in [0, 0.1) is 6.92 Å². The Morgan fingerprint density at radius 2 is 1.45 bits per heavy atom. The second-order valence-electron chi connectivity index (χ2n) is 10.4. The molecule has 38 heavy (non-hydrogen) atoms. The third kappa shape index (κ3) is 6.87. The van der Waals surface area contributed by atoms with E-state index in [1.807, 2.05) is 6.92 Å². The van der Waals surface area contributed by atoms with Gasteiger partial charge in [0.15, 0.2) is 0 Å². The van der Waals surface area contributed by atoms with Gasteiger partial charge in [-0.25, -0.2) is 26.5 Å². The van der Waals surface area contributed by atoms with Gasteiger partial charge in [-0.2, -0.15) is 9.29 Å². The smallest absolute Gasteiger partial charge is 0.243 e. The summed E-state index contributed by atoms with van der Waals surface area (Å²) in [6.45, 7) is 8.24. The first-order valence-electron chi connectivity index (χ1n) is 12.5. The second-order valence-corrected chi connectivity index (χ2v) is 14.0. The van der Waals surface area contributed by atoms with Crippen LogP contribution < -0.4 is 15.4 Å². The largest absolute Gasteiger partial charge is 0.340 e. The molecule has 10 nitrogen and oxygen atoms in total. The van der Waals surface area contributed by atoms with E-state index in [-0.39, 0.29) is 15.7 Å². The third-order valence-corrected chi connectivity index (χ3v) is 9.51. The molecule has 0 spiro atoms. The molecule has 0 saturated carbocycles. The van der Waals surface area contributed by atoms with Crippen molar-refractivity contribution in [3.8, 4) is 0 Å².